The van der Waals surface area contributed by atoms with Crippen LogP contribution >= 0.6 is 11.6 Å². The molecule has 0 aromatic carbocycles. The number of carbonyl (C=O) groups is 2. The minimum Gasteiger partial charge on any atom is -0.467 e. The standard InChI is InChI=1S/C18H16ClF3N4O3/c1-2-23-15(27)14-12-8-26(17(28)11(12)3-4-24-14)7-10-5-13(19)16(25-6-10)29-9-18(20,21)22/h3-6H,2,7-9H2,1H3,(H,23,27). The summed E-state index contributed by atoms with van der Waals surface area (Å²) in [5, 5.41) is 2.56. The molecule has 1 aliphatic heterocycles. The summed E-state index contributed by atoms with van der Waals surface area (Å²) in [6.07, 6.45) is -1.82. The van der Waals surface area contributed by atoms with Gasteiger partial charge >= 0.3 is 6.18 Å². The third kappa shape index (κ3) is 4.76. The molecule has 0 saturated heterocycles. The number of ether oxygens (including phenoxy) is 1. The number of halogens is 4. The van der Waals surface area contributed by atoms with E-state index in [1.54, 1.807) is 13.0 Å². The molecule has 7 nitrogen and oxygen atoms in total. The lowest BCUT2D eigenvalue weighted by Gasteiger charge is -2.16. The third-order valence-electron chi connectivity index (χ3n) is 4.08. The molecule has 29 heavy (non-hydrogen) atoms. The molecule has 3 rings (SSSR count). The van der Waals surface area contributed by atoms with Gasteiger partial charge in [0.2, 0.25) is 5.88 Å². The smallest absolute Gasteiger partial charge is 0.422 e. The van der Waals surface area contributed by atoms with Crippen LogP contribution in [0.1, 0.15) is 38.9 Å². The number of carbonyl (C=O) groups excluding carboxylic acids is 2. The second-order valence-corrected chi connectivity index (χ2v) is 6.65. The summed E-state index contributed by atoms with van der Waals surface area (Å²) in [6, 6.07) is 2.93. The maximum Gasteiger partial charge on any atom is 0.422 e. The molecule has 2 amide bonds. The lowest BCUT2D eigenvalue weighted by Crippen LogP contribution is -2.25. The van der Waals surface area contributed by atoms with Gasteiger partial charge in [-0.25, -0.2) is 4.98 Å². The fourth-order valence-electron chi connectivity index (χ4n) is 2.88. The van der Waals surface area contributed by atoms with Crippen molar-refractivity contribution in [3.05, 3.63) is 51.9 Å². The molecule has 3 heterocycles. The van der Waals surface area contributed by atoms with Gasteiger partial charge in [-0.1, -0.05) is 11.6 Å². The summed E-state index contributed by atoms with van der Waals surface area (Å²) in [7, 11) is 0. The maximum absolute atomic E-state index is 12.7. The largest absolute Gasteiger partial charge is 0.467 e. The number of amides is 2. The average Bonchev–Trinajstić information content (AvgIpc) is 2.96. The number of rotatable bonds is 6. The molecule has 11 heteroatoms. The van der Waals surface area contributed by atoms with Gasteiger partial charge in [0.15, 0.2) is 6.61 Å². The lowest BCUT2D eigenvalue weighted by atomic mass is 10.1. The van der Waals surface area contributed by atoms with Crippen molar-refractivity contribution < 1.29 is 27.5 Å². The molecule has 0 radical (unpaired) electrons. The van der Waals surface area contributed by atoms with E-state index in [1.165, 1.54) is 23.4 Å². The number of fused-ring (bicyclic) bond motifs is 1. The molecule has 2 aromatic heterocycles. The fourth-order valence-corrected chi connectivity index (χ4v) is 3.13. The van der Waals surface area contributed by atoms with Gasteiger partial charge in [0.1, 0.15) is 10.7 Å². The van der Waals surface area contributed by atoms with Crippen LogP contribution in [0, 0.1) is 0 Å². The van der Waals surface area contributed by atoms with Crippen LogP contribution in [0.25, 0.3) is 0 Å². The van der Waals surface area contributed by atoms with E-state index in [2.05, 4.69) is 20.0 Å². The first-order valence-corrected chi connectivity index (χ1v) is 8.96. The molecule has 0 saturated carbocycles. The van der Waals surface area contributed by atoms with Crippen LogP contribution in [-0.2, 0) is 13.1 Å². The highest BCUT2D eigenvalue weighted by Crippen LogP contribution is 2.29. The van der Waals surface area contributed by atoms with Crippen LogP contribution in [0.15, 0.2) is 24.5 Å². The molecule has 0 aliphatic carbocycles. The van der Waals surface area contributed by atoms with Gasteiger partial charge in [-0.3, -0.25) is 14.6 Å². The van der Waals surface area contributed by atoms with E-state index in [0.717, 1.165) is 0 Å². The number of pyridine rings is 2. The summed E-state index contributed by atoms with van der Waals surface area (Å²) in [5.41, 5.74) is 1.59. The predicted molar refractivity (Wildman–Crippen MR) is 96.6 cm³/mol. The topological polar surface area (TPSA) is 84.4 Å². The zero-order chi connectivity index (χ0) is 21.2. The molecule has 1 N–H and O–H groups in total. The zero-order valence-electron chi connectivity index (χ0n) is 15.2. The first-order chi connectivity index (χ1) is 13.7. The normalized spacial score (nSPS) is 13.4. The van der Waals surface area contributed by atoms with E-state index in [0.29, 0.717) is 23.2 Å². The number of hydrogen-bond acceptors (Lipinski definition) is 5. The van der Waals surface area contributed by atoms with Gasteiger partial charge in [0.05, 0.1) is 0 Å². The van der Waals surface area contributed by atoms with Crippen molar-refractivity contribution in [2.24, 2.45) is 0 Å². The van der Waals surface area contributed by atoms with Gasteiger partial charge in [-0.2, -0.15) is 13.2 Å². The Hall–Kier alpha value is -2.88. The molecule has 0 unspecified atom stereocenters. The van der Waals surface area contributed by atoms with Gasteiger partial charge in [0, 0.05) is 43.2 Å². The van der Waals surface area contributed by atoms with Crippen molar-refractivity contribution in [1.82, 2.24) is 20.2 Å². The Kier molecular flexibility index (Phi) is 5.92. The van der Waals surface area contributed by atoms with Crippen molar-refractivity contribution in [2.45, 2.75) is 26.2 Å². The first-order valence-electron chi connectivity index (χ1n) is 8.59. The Morgan fingerprint density at radius 2 is 2.14 bits per heavy atom. The van der Waals surface area contributed by atoms with Crippen molar-refractivity contribution >= 4 is 23.4 Å². The summed E-state index contributed by atoms with van der Waals surface area (Å²) >= 11 is 5.95. The Morgan fingerprint density at radius 3 is 2.79 bits per heavy atom. The Bertz CT molecular complexity index is 952. The predicted octanol–water partition coefficient (Wildman–Crippen LogP) is 2.98. The van der Waals surface area contributed by atoms with E-state index in [9.17, 15) is 22.8 Å². The molecular weight excluding hydrogens is 413 g/mol. The van der Waals surface area contributed by atoms with Crippen LogP contribution in [0.4, 0.5) is 13.2 Å². The average molecular weight is 429 g/mol. The fraction of sp³-hybridized carbons (Fsp3) is 0.333. The van der Waals surface area contributed by atoms with Gasteiger partial charge in [-0.15, -0.1) is 0 Å². The van der Waals surface area contributed by atoms with Crippen LogP contribution < -0.4 is 10.1 Å². The van der Waals surface area contributed by atoms with Crippen LogP contribution in [0.2, 0.25) is 5.02 Å². The van der Waals surface area contributed by atoms with E-state index in [1.807, 2.05) is 0 Å². The van der Waals surface area contributed by atoms with Crippen molar-refractivity contribution in [3.63, 3.8) is 0 Å². The molecule has 2 aromatic rings. The second kappa shape index (κ2) is 8.24. The summed E-state index contributed by atoms with van der Waals surface area (Å²) < 4.78 is 41.3. The highest BCUT2D eigenvalue weighted by molar-refractivity contribution is 6.31. The second-order valence-electron chi connectivity index (χ2n) is 6.24. The number of nitrogens with zero attached hydrogens (tertiary/aromatic N) is 3. The first kappa shape index (κ1) is 20.8. The molecule has 0 spiro atoms. The van der Waals surface area contributed by atoms with Crippen molar-refractivity contribution in [3.8, 4) is 5.88 Å². The van der Waals surface area contributed by atoms with E-state index in [-0.39, 0.29) is 41.5 Å². The molecule has 0 bridgehead atoms. The Balaban J connectivity index is 1.74. The Labute approximate surface area is 168 Å². The quantitative estimate of drug-likeness (QED) is 0.764. The minimum atomic E-state index is -4.51. The minimum absolute atomic E-state index is 0.0967. The SMILES string of the molecule is CCNC(=O)c1nccc2c1CN(Cc1cnc(OCC(F)(F)F)c(Cl)c1)C2=O. The van der Waals surface area contributed by atoms with Gasteiger partial charge < -0.3 is 15.0 Å². The number of aromatic nitrogens is 2. The lowest BCUT2D eigenvalue weighted by molar-refractivity contribution is -0.154. The molecule has 1 aliphatic rings. The summed E-state index contributed by atoms with van der Waals surface area (Å²) in [5.74, 6) is -0.997. The van der Waals surface area contributed by atoms with Crippen LogP contribution in [0.5, 0.6) is 5.88 Å². The summed E-state index contributed by atoms with van der Waals surface area (Å²) in [4.78, 5) is 34.2. The van der Waals surface area contributed by atoms with E-state index < -0.39 is 12.8 Å². The number of alkyl halides is 3. The highest BCUT2D eigenvalue weighted by atomic mass is 35.5. The Morgan fingerprint density at radius 1 is 1.38 bits per heavy atom. The third-order valence-corrected chi connectivity index (χ3v) is 4.36. The summed E-state index contributed by atoms with van der Waals surface area (Å²) in [6.45, 7) is 0.966. The molecular formula is C18H16ClF3N4O3. The van der Waals surface area contributed by atoms with Crippen LogP contribution in [0.3, 0.4) is 0 Å². The monoisotopic (exact) mass is 428 g/mol. The maximum atomic E-state index is 12.7. The zero-order valence-corrected chi connectivity index (χ0v) is 16.0. The molecule has 154 valence electrons. The van der Waals surface area contributed by atoms with Gasteiger partial charge in [0.25, 0.3) is 11.8 Å². The number of nitrogens with one attached hydrogen (secondary N) is 1. The van der Waals surface area contributed by atoms with Crippen molar-refractivity contribution in [2.75, 3.05) is 13.2 Å². The molecule has 0 fully saturated rings. The van der Waals surface area contributed by atoms with Gasteiger partial charge in [-0.05, 0) is 24.6 Å². The molecule has 0 atom stereocenters. The van der Waals surface area contributed by atoms with Crippen molar-refractivity contribution in [1.29, 1.82) is 0 Å². The van der Waals surface area contributed by atoms with E-state index in [4.69, 9.17) is 11.6 Å². The van der Waals surface area contributed by atoms with Crippen LogP contribution in [-0.4, -0.2) is 46.0 Å². The highest BCUT2D eigenvalue weighted by Gasteiger charge is 2.32. The number of hydrogen-bond donors (Lipinski definition) is 1. The van der Waals surface area contributed by atoms with E-state index >= 15 is 0 Å².